The first-order chi connectivity index (χ1) is 11.3. The highest BCUT2D eigenvalue weighted by Gasteiger charge is 2.17. The lowest BCUT2D eigenvalue weighted by Crippen LogP contribution is -2.06. The van der Waals surface area contributed by atoms with Crippen molar-refractivity contribution in [3.63, 3.8) is 0 Å². The molecule has 1 aliphatic carbocycles. The quantitative estimate of drug-likeness (QED) is 0.599. The van der Waals surface area contributed by atoms with Crippen molar-refractivity contribution < 1.29 is 0 Å². The Kier molecular flexibility index (Phi) is 3.66. The Morgan fingerprint density at radius 2 is 1.74 bits per heavy atom. The fourth-order valence-corrected chi connectivity index (χ4v) is 3.36. The second kappa shape index (κ2) is 5.96. The Hall–Kier alpha value is -2.48. The van der Waals surface area contributed by atoms with Crippen molar-refractivity contribution in [2.75, 3.05) is 0 Å². The van der Waals surface area contributed by atoms with E-state index in [0.717, 1.165) is 29.4 Å². The van der Waals surface area contributed by atoms with E-state index in [9.17, 15) is 0 Å². The Bertz CT molecular complexity index is 893. The van der Waals surface area contributed by atoms with Crippen LogP contribution < -0.4 is 0 Å². The summed E-state index contributed by atoms with van der Waals surface area (Å²) in [7, 11) is 0. The topological polar surface area (TPSA) is 25.2 Å². The fraction of sp³-hybridized carbons (Fsp3) is 0.238. The molecule has 114 valence electrons. The van der Waals surface area contributed by atoms with Gasteiger partial charge in [-0.1, -0.05) is 42.5 Å². The fourth-order valence-electron chi connectivity index (χ4n) is 3.36. The first-order valence-electron chi connectivity index (χ1n) is 8.33. The van der Waals surface area contributed by atoms with E-state index in [4.69, 9.17) is 9.98 Å². The lowest BCUT2D eigenvalue weighted by atomic mass is 9.93. The Morgan fingerprint density at radius 1 is 0.957 bits per heavy atom. The standard InChI is InChI=1S/C21H20N2/c1-15-8-2-3-9-16(15)14-22-21-17-10-4-6-12-19(17)23-20-13-7-5-11-18(20)21/h2-4,6,8-10,12,14H,5,7,11,13H2,1H3. The monoisotopic (exact) mass is 300 g/mol. The van der Waals surface area contributed by atoms with Gasteiger partial charge in [-0.25, -0.2) is 0 Å². The molecule has 23 heavy (non-hydrogen) atoms. The molecule has 0 atom stereocenters. The molecule has 4 rings (SSSR count). The molecule has 1 aliphatic rings. The lowest BCUT2D eigenvalue weighted by molar-refractivity contribution is 0.672. The van der Waals surface area contributed by atoms with Crippen molar-refractivity contribution in [3.05, 3.63) is 70.9 Å². The number of hydrogen-bond acceptors (Lipinski definition) is 2. The van der Waals surface area contributed by atoms with Crippen LogP contribution >= 0.6 is 0 Å². The summed E-state index contributed by atoms with van der Waals surface area (Å²) in [6.07, 6.45) is 6.64. The molecule has 1 aromatic heterocycles. The van der Waals surface area contributed by atoms with Crippen LogP contribution in [0.15, 0.2) is 53.5 Å². The number of para-hydroxylation sites is 1. The molecule has 3 aromatic rings. The van der Waals surface area contributed by atoms with Crippen LogP contribution in [0, 0.1) is 6.92 Å². The predicted octanol–water partition coefficient (Wildman–Crippen LogP) is 5.17. The first-order valence-corrected chi connectivity index (χ1v) is 8.33. The number of fused-ring (bicyclic) bond motifs is 2. The smallest absolute Gasteiger partial charge is 0.0774 e. The molecule has 0 amide bonds. The van der Waals surface area contributed by atoms with Crippen molar-refractivity contribution in [1.29, 1.82) is 0 Å². The third kappa shape index (κ3) is 2.65. The van der Waals surface area contributed by atoms with Crippen molar-refractivity contribution in [2.45, 2.75) is 32.6 Å². The van der Waals surface area contributed by atoms with Gasteiger partial charge in [-0.05, 0) is 55.4 Å². The van der Waals surface area contributed by atoms with Crippen molar-refractivity contribution in [1.82, 2.24) is 4.98 Å². The molecule has 2 nitrogen and oxygen atoms in total. The average molecular weight is 300 g/mol. The molecule has 2 aromatic carbocycles. The van der Waals surface area contributed by atoms with Crippen molar-refractivity contribution in [3.8, 4) is 0 Å². The van der Waals surface area contributed by atoms with E-state index in [1.807, 2.05) is 6.21 Å². The zero-order valence-electron chi connectivity index (χ0n) is 13.4. The van der Waals surface area contributed by atoms with Crippen LogP contribution in [0.25, 0.3) is 10.9 Å². The van der Waals surface area contributed by atoms with E-state index in [2.05, 4.69) is 55.5 Å². The highest BCUT2D eigenvalue weighted by molar-refractivity contribution is 5.95. The molecule has 0 aliphatic heterocycles. The van der Waals surface area contributed by atoms with Gasteiger partial charge in [-0.2, -0.15) is 0 Å². The molecule has 0 fully saturated rings. The minimum atomic E-state index is 1.06. The summed E-state index contributed by atoms with van der Waals surface area (Å²) in [5.74, 6) is 0. The van der Waals surface area contributed by atoms with Crippen LogP contribution in [0.1, 0.15) is 35.2 Å². The number of aliphatic imine (C=N–C) groups is 1. The number of aromatic nitrogens is 1. The molecule has 0 N–H and O–H groups in total. The first kappa shape index (κ1) is 14.1. The van der Waals surface area contributed by atoms with Crippen LogP contribution in [-0.2, 0) is 12.8 Å². The number of pyridine rings is 1. The predicted molar refractivity (Wildman–Crippen MR) is 96.8 cm³/mol. The van der Waals surface area contributed by atoms with Gasteiger partial charge < -0.3 is 0 Å². The third-order valence-corrected chi connectivity index (χ3v) is 4.66. The molecule has 0 unspecified atom stereocenters. The normalized spacial score (nSPS) is 14.3. The number of benzene rings is 2. The Labute approximate surface area is 136 Å². The van der Waals surface area contributed by atoms with Gasteiger partial charge >= 0.3 is 0 Å². The Balaban J connectivity index is 1.89. The van der Waals surface area contributed by atoms with Gasteiger partial charge in [0.05, 0.1) is 11.2 Å². The van der Waals surface area contributed by atoms with E-state index < -0.39 is 0 Å². The van der Waals surface area contributed by atoms with Crippen LogP contribution in [0.4, 0.5) is 5.69 Å². The maximum atomic E-state index is 4.91. The lowest BCUT2D eigenvalue weighted by Gasteiger charge is -2.18. The van der Waals surface area contributed by atoms with E-state index in [1.165, 1.54) is 35.2 Å². The summed E-state index contributed by atoms with van der Waals surface area (Å²) >= 11 is 0. The van der Waals surface area contributed by atoms with Gasteiger partial charge in [0.1, 0.15) is 0 Å². The van der Waals surface area contributed by atoms with Crippen molar-refractivity contribution in [2.24, 2.45) is 4.99 Å². The number of rotatable bonds is 2. The molecule has 0 saturated carbocycles. The second-order valence-electron chi connectivity index (χ2n) is 6.22. The van der Waals surface area contributed by atoms with Crippen LogP contribution in [0.5, 0.6) is 0 Å². The molecular weight excluding hydrogens is 280 g/mol. The molecule has 2 heteroatoms. The van der Waals surface area contributed by atoms with Gasteiger partial charge in [0, 0.05) is 17.3 Å². The van der Waals surface area contributed by atoms with Crippen molar-refractivity contribution >= 4 is 22.8 Å². The maximum Gasteiger partial charge on any atom is 0.0774 e. The number of aryl methyl sites for hydroxylation is 2. The summed E-state index contributed by atoms with van der Waals surface area (Å²) in [5, 5.41) is 1.16. The molecular formula is C21H20N2. The zero-order valence-corrected chi connectivity index (χ0v) is 13.4. The van der Waals surface area contributed by atoms with Gasteiger partial charge in [0.25, 0.3) is 0 Å². The summed E-state index contributed by atoms with van der Waals surface area (Å²) in [5.41, 5.74) is 7.20. The van der Waals surface area contributed by atoms with E-state index >= 15 is 0 Å². The molecule has 0 radical (unpaired) electrons. The van der Waals surface area contributed by atoms with E-state index in [-0.39, 0.29) is 0 Å². The van der Waals surface area contributed by atoms with Gasteiger partial charge in [-0.3, -0.25) is 9.98 Å². The van der Waals surface area contributed by atoms with E-state index in [0.29, 0.717) is 0 Å². The van der Waals surface area contributed by atoms with Crippen LogP contribution in [0.2, 0.25) is 0 Å². The highest BCUT2D eigenvalue weighted by atomic mass is 14.8. The summed E-state index contributed by atoms with van der Waals surface area (Å²) in [6.45, 7) is 2.13. The molecule has 0 spiro atoms. The van der Waals surface area contributed by atoms with Gasteiger partial charge in [0.2, 0.25) is 0 Å². The molecule has 0 bridgehead atoms. The minimum absolute atomic E-state index is 1.06. The third-order valence-electron chi connectivity index (χ3n) is 4.66. The molecule has 0 saturated heterocycles. The Morgan fingerprint density at radius 3 is 2.65 bits per heavy atom. The van der Waals surface area contributed by atoms with Crippen LogP contribution in [-0.4, -0.2) is 11.2 Å². The average Bonchev–Trinajstić information content (AvgIpc) is 2.60. The highest BCUT2D eigenvalue weighted by Crippen LogP contribution is 2.35. The largest absolute Gasteiger partial charge is 0.255 e. The minimum Gasteiger partial charge on any atom is -0.255 e. The number of hydrogen-bond donors (Lipinski definition) is 0. The zero-order chi connectivity index (χ0) is 15.6. The summed E-state index contributed by atoms with van der Waals surface area (Å²) in [4.78, 5) is 9.79. The summed E-state index contributed by atoms with van der Waals surface area (Å²) < 4.78 is 0. The SMILES string of the molecule is Cc1ccccc1C=Nc1c2c(nc3ccccc13)CCCC2. The van der Waals surface area contributed by atoms with Crippen LogP contribution in [0.3, 0.4) is 0 Å². The van der Waals surface area contributed by atoms with E-state index in [1.54, 1.807) is 0 Å². The second-order valence-corrected chi connectivity index (χ2v) is 6.22. The maximum absolute atomic E-state index is 4.91. The molecule has 1 heterocycles. The van der Waals surface area contributed by atoms with Gasteiger partial charge in [0.15, 0.2) is 0 Å². The van der Waals surface area contributed by atoms with Gasteiger partial charge in [-0.15, -0.1) is 0 Å². The summed E-state index contributed by atoms with van der Waals surface area (Å²) in [6, 6.07) is 16.7. The number of nitrogens with zero attached hydrogens (tertiary/aromatic N) is 2.